The summed E-state index contributed by atoms with van der Waals surface area (Å²) in [5, 5.41) is 2.08. The molecular formula is C12H15N3O2S2. The molecule has 19 heavy (non-hydrogen) atoms. The minimum Gasteiger partial charge on any atom is -0.326 e. The number of anilines is 1. The zero-order chi connectivity index (χ0) is 13.9. The summed E-state index contributed by atoms with van der Waals surface area (Å²) in [7, 11) is -3.62. The fourth-order valence-electron chi connectivity index (χ4n) is 1.71. The van der Waals surface area contributed by atoms with Crippen LogP contribution in [-0.2, 0) is 23.0 Å². The molecule has 0 radical (unpaired) electrons. The number of nitrogens with two attached hydrogens (primary N) is 1. The van der Waals surface area contributed by atoms with Crippen LogP contribution in [0.1, 0.15) is 18.1 Å². The molecule has 0 aliphatic carbocycles. The second-order valence-corrected chi connectivity index (χ2v) is 6.49. The van der Waals surface area contributed by atoms with Crippen LogP contribution in [0.3, 0.4) is 0 Å². The van der Waals surface area contributed by atoms with Crippen LogP contribution in [0.5, 0.6) is 0 Å². The highest BCUT2D eigenvalue weighted by Crippen LogP contribution is 2.22. The van der Waals surface area contributed by atoms with Gasteiger partial charge in [-0.15, -0.1) is 11.3 Å². The Morgan fingerprint density at radius 1 is 1.42 bits per heavy atom. The van der Waals surface area contributed by atoms with E-state index in [1.54, 1.807) is 23.7 Å². The average Bonchev–Trinajstić information content (AvgIpc) is 2.90. The van der Waals surface area contributed by atoms with Crippen molar-refractivity contribution >= 4 is 26.5 Å². The Labute approximate surface area is 116 Å². The Morgan fingerprint density at radius 3 is 2.79 bits per heavy atom. The molecule has 0 fully saturated rings. The predicted octanol–water partition coefficient (Wildman–Crippen LogP) is 1.96. The standard InChI is InChI=1S/C12H15N3O2S2/c1-2-10-4-3-9(8-13)7-11(10)19(16,17)15-12-14-5-6-18-12/h3-7H,2,8,13H2,1H3,(H,14,15). The van der Waals surface area contributed by atoms with Gasteiger partial charge in [0, 0.05) is 18.1 Å². The molecule has 1 aromatic heterocycles. The zero-order valence-electron chi connectivity index (χ0n) is 10.5. The molecule has 102 valence electrons. The molecule has 2 rings (SSSR count). The van der Waals surface area contributed by atoms with Gasteiger partial charge in [-0.05, 0) is 23.6 Å². The van der Waals surface area contributed by atoms with Crippen molar-refractivity contribution in [1.29, 1.82) is 0 Å². The highest BCUT2D eigenvalue weighted by Gasteiger charge is 2.19. The number of nitrogens with one attached hydrogen (secondary N) is 1. The predicted molar refractivity (Wildman–Crippen MR) is 76.6 cm³/mol. The molecule has 7 heteroatoms. The van der Waals surface area contributed by atoms with Crippen LogP contribution in [-0.4, -0.2) is 13.4 Å². The number of aromatic nitrogens is 1. The lowest BCUT2D eigenvalue weighted by Gasteiger charge is -2.11. The summed E-state index contributed by atoms with van der Waals surface area (Å²) < 4.78 is 27.2. The van der Waals surface area contributed by atoms with Crippen molar-refractivity contribution in [2.45, 2.75) is 24.8 Å². The number of rotatable bonds is 5. The Bertz CT molecular complexity index is 652. The molecule has 0 saturated heterocycles. The molecule has 5 nitrogen and oxygen atoms in total. The Hall–Kier alpha value is -1.44. The first-order valence-electron chi connectivity index (χ1n) is 5.81. The van der Waals surface area contributed by atoms with Crippen molar-refractivity contribution in [2.24, 2.45) is 5.73 Å². The van der Waals surface area contributed by atoms with E-state index in [2.05, 4.69) is 9.71 Å². The maximum absolute atomic E-state index is 12.4. The Kier molecular flexibility index (Phi) is 4.18. The van der Waals surface area contributed by atoms with Crippen LogP contribution in [0.2, 0.25) is 0 Å². The van der Waals surface area contributed by atoms with Crippen molar-refractivity contribution < 1.29 is 8.42 Å². The monoisotopic (exact) mass is 297 g/mol. The van der Waals surface area contributed by atoms with Crippen LogP contribution in [0, 0.1) is 0 Å². The van der Waals surface area contributed by atoms with Crippen LogP contribution >= 0.6 is 11.3 Å². The number of thiazole rings is 1. The molecule has 1 aromatic carbocycles. The summed E-state index contributed by atoms with van der Waals surface area (Å²) in [6.07, 6.45) is 2.19. The van der Waals surface area contributed by atoms with E-state index in [4.69, 9.17) is 5.73 Å². The first-order chi connectivity index (χ1) is 9.06. The first kappa shape index (κ1) is 14.0. The van der Waals surface area contributed by atoms with Gasteiger partial charge in [-0.25, -0.2) is 13.4 Å². The largest absolute Gasteiger partial charge is 0.326 e. The molecule has 0 aliphatic heterocycles. The SMILES string of the molecule is CCc1ccc(CN)cc1S(=O)(=O)Nc1nccs1. The maximum Gasteiger partial charge on any atom is 0.263 e. The fraction of sp³-hybridized carbons (Fsp3) is 0.250. The molecule has 2 aromatic rings. The summed E-state index contributed by atoms with van der Waals surface area (Å²) in [5.74, 6) is 0. The number of hydrogen-bond donors (Lipinski definition) is 2. The molecule has 0 bridgehead atoms. The van der Waals surface area contributed by atoms with E-state index in [1.807, 2.05) is 13.0 Å². The molecule has 0 aliphatic rings. The molecule has 0 spiro atoms. The third kappa shape index (κ3) is 3.12. The van der Waals surface area contributed by atoms with Gasteiger partial charge in [0.15, 0.2) is 5.13 Å². The summed E-state index contributed by atoms with van der Waals surface area (Å²) in [5.41, 5.74) is 7.12. The van der Waals surface area contributed by atoms with E-state index in [0.717, 1.165) is 11.1 Å². The topological polar surface area (TPSA) is 85.1 Å². The van der Waals surface area contributed by atoms with Crippen LogP contribution in [0.15, 0.2) is 34.7 Å². The average molecular weight is 297 g/mol. The van der Waals surface area contributed by atoms with Crippen molar-refractivity contribution in [2.75, 3.05) is 4.72 Å². The maximum atomic E-state index is 12.4. The molecule has 3 N–H and O–H groups in total. The lowest BCUT2D eigenvalue weighted by Crippen LogP contribution is -2.15. The van der Waals surface area contributed by atoms with Gasteiger partial charge < -0.3 is 5.73 Å². The highest BCUT2D eigenvalue weighted by atomic mass is 32.2. The van der Waals surface area contributed by atoms with Gasteiger partial charge in [0.05, 0.1) is 4.90 Å². The minimum atomic E-state index is -3.62. The van der Waals surface area contributed by atoms with E-state index in [-0.39, 0.29) is 4.90 Å². The van der Waals surface area contributed by atoms with Crippen LogP contribution in [0.4, 0.5) is 5.13 Å². The second-order valence-electron chi connectivity index (χ2n) is 3.94. The molecule has 0 unspecified atom stereocenters. The van der Waals surface area contributed by atoms with Gasteiger partial charge in [0.1, 0.15) is 0 Å². The minimum absolute atomic E-state index is 0.271. The molecule has 1 heterocycles. The Balaban J connectivity index is 2.43. The van der Waals surface area contributed by atoms with Crippen LogP contribution in [0.25, 0.3) is 0 Å². The van der Waals surface area contributed by atoms with Crippen molar-refractivity contribution in [3.05, 3.63) is 40.9 Å². The van der Waals surface area contributed by atoms with E-state index >= 15 is 0 Å². The quantitative estimate of drug-likeness (QED) is 0.883. The van der Waals surface area contributed by atoms with Gasteiger partial charge in [-0.1, -0.05) is 19.1 Å². The Morgan fingerprint density at radius 2 is 2.21 bits per heavy atom. The smallest absolute Gasteiger partial charge is 0.263 e. The van der Waals surface area contributed by atoms with Gasteiger partial charge in [-0.2, -0.15) is 0 Å². The van der Waals surface area contributed by atoms with E-state index in [1.165, 1.54) is 11.3 Å². The van der Waals surface area contributed by atoms with Gasteiger partial charge in [0.2, 0.25) is 0 Å². The van der Waals surface area contributed by atoms with E-state index < -0.39 is 10.0 Å². The molecule has 0 atom stereocenters. The lowest BCUT2D eigenvalue weighted by molar-refractivity contribution is 0.600. The van der Waals surface area contributed by atoms with Crippen LogP contribution < -0.4 is 10.5 Å². The lowest BCUT2D eigenvalue weighted by atomic mass is 10.1. The summed E-state index contributed by atoms with van der Waals surface area (Å²) in [6, 6.07) is 5.27. The van der Waals surface area contributed by atoms with Crippen molar-refractivity contribution in [1.82, 2.24) is 4.98 Å². The normalized spacial score (nSPS) is 11.5. The first-order valence-corrected chi connectivity index (χ1v) is 8.17. The van der Waals surface area contributed by atoms with E-state index in [0.29, 0.717) is 18.1 Å². The van der Waals surface area contributed by atoms with Gasteiger partial charge in [-0.3, -0.25) is 4.72 Å². The number of sulfonamides is 1. The molecule has 0 saturated carbocycles. The van der Waals surface area contributed by atoms with E-state index in [9.17, 15) is 8.42 Å². The van der Waals surface area contributed by atoms with Gasteiger partial charge in [0.25, 0.3) is 10.0 Å². The molecular weight excluding hydrogens is 282 g/mol. The number of hydrogen-bond acceptors (Lipinski definition) is 5. The van der Waals surface area contributed by atoms with Gasteiger partial charge >= 0.3 is 0 Å². The zero-order valence-corrected chi connectivity index (χ0v) is 12.1. The third-order valence-corrected chi connectivity index (χ3v) is 4.93. The number of aryl methyl sites for hydroxylation is 1. The second kappa shape index (κ2) is 5.68. The van der Waals surface area contributed by atoms with Crippen molar-refractivity contribution in [3.63, 3.8) is 0 Å². The number of benzene rings is 1. The summed E-state index contributed by atoms with van der Waals surface area (Å²) in [6.45, 7) is 2.23. The fourth-order valence-corrected chi connectivity index (χ4v) is 3.86. The number of nitrogens with zero attached hydrogens (tertiary/aromatic N) is 1. The summed E-state index contributed by atoms with van der Waals surface area (Å²) >= 11 is 1.24. The highest BCUT2D eigenvalue weighted by molar-refractivity contribution is 7.93. The summed E-state index contributed by atoms with van der Waals surface area (Å²) in [4.78, 5) is 4.20. The van der Waals surface area contributed by atoms with Crippen molar-refractivity contribution in [3.8, 4) is 0 Å². The molecule has 0 amide bonds. The third-order valence-electron chi connectivity index (χ3n) is 2.69.